The molecule has 0 heterocycles. The van der Waals surface area contributed by atoms with E-state index in [2.05, 4.69) is 10.6 Å². The molecule has 102 valence electrons. The van der Waals surface area contributed by atoms with E-state index in [9.17, 15) is 14.4 Å². The van der Waals surface area contributed by atoms with Gasteiger partial charge in [-0.25, -0.2) is 4.79 Å². The Morgan fingerprint density at radius 1 is 1.32 bits per heavy atom. The third-order valence-corrected chi connectivity index (χ3v) is 2.88. The molecular weight excluding hydrogens is 363 g/mol. The molecule has 0 aliphatic rings. The largest absolute Gasteiger partial charge is 0.478 e. The van der Waals surface area contributed by atoms with E-state index in [0.29, 0.717) is 0 Å². The Morgan fingerprint density at radius 2 is 2.00 bits per heavy atom. The molecule has 1 aromatic rings. The third kappa shape index (κ3) is 5.25. The molecule has 0 saturated heterocycles. The van der Waals surface area contributed by atoms with Gasteiger partial charge in [0.1, 0.15) is 0 Å². The molecule has 0 radical (unpaired) electrons. The average Bonchev–Trinajstić information content (AvgIpc) is 2.30. The molecule has 19 heavy (non-hydrogen) atoms. The fraction of sp³-hybridized carbons (Fsp3) is 0.250. The number of hydrogen-bond donors (Lipinski definition) is 3. The first kappa shape index (κ1) is 15.4. The van der Waals surface area contributed by atoms with E-state index in [1.54, 1.807) is 12.1 Å². The van der Waals surface area contributed by atoms with E-state index in [0.717, 1.165) is 3.57 Å². The van der Waals surface area contributed by atoms with Gasteiger partial charge in [-0.2, -0.15) is 0 Å². The number of carboxylic acid groups (broad SMARTS) is 1. The maximum atomic E-state index is 11.6. The Bertz CT molecular complexity index is 516. The number of rotatable bonds is 5. The van der Waals surface area contributed by atoms with Crippen molar-refractivity contribution in [1.82, 2.24) is 5.32 Å². The van der Waals surface area contributed by atoms with Gasteiger partial charge < -0.3 is 15.7 Å². The van der Waals surface area contributed by atoms with Crippen molar-refractivity contribution in [1.29, 1.82) is 0 Å². The third-order valence-electron chi connectivity index (χ3n) is 2.21. The van der Waals surface area contributed by atoms with Gasteiger partial charge in [-0.1, -0.05) is 0 Å². The molecule has 7 heteroatoms. The summed E-state index contributed by atoms with van der Waals surface area (Å²) >= 11 is 2.00. The molecule has 0 aliphatic heterocycles. The van der Waals surface area contributed by atoms with Crippen LogP contribution in [0.1, 0.15) is 23.7 Å². The van der Waals surface area contributed by atoms with Gasteiger partial charge in [0.2, 0.25) is 11.8 Å². The molecule has 0 bridgehead atoms. The summed E-state index contributed by atoms with van der Waals surface area (Å²) in [6.45, 7) is 1.58. The molecule has 1 aromatic carbocycles. The predicted octanol–water partition coefficient (Wildman–Crippen LogP) is 1.45. The van der Waals surface area contributed by atoms with Gasteiger partial charge in [-0.15, -0.1) is 0 Å². The van der Waals surface area contributed by atoms with Gasteiger partial charge >= 0.3 is 5.97 Å². The van der Waals surface area contributed by atoms with Crippen molar-refractivity contribution < 1.29 is 19.5 Å². The molecule has 1 rings (SSSR count). The molecule has 0 aliphatic carbocycles. The van der Waals surface area contributed by atoms with E-state index >= 15 is 0 Å². The Labute approximate surface area is 123 Å². The molecule has 0 atom stereocenters. The highest BCUT2D eigenvalue weighted by molar-refractivity contribution is 14.1. The highest BCUT2D eigenvalue weighted by Gasteiger charge is 2.12. The number of carbonyl (C=O) groups excluding carboxylic acids is 2. The van der Waals surface area contributed by atoms with Crippen molar-refractivity contribution in [3.05, 3.63) is 27.3 Å². The number of aromatic carboxylic acids is 1. The van der Waals surface area contributed by atoms with E-state index in [1.165, 1.54) is 13.0 Å². The summed E-state index contributed by atoms with van der Waals surface area (Å²) in [7, 11) is 0. The van der Waals surface area contributed by atoms with Crippen LogP contribution in [0.5, 0.6) is 0 Å². The standard InChI is InChI=1S/C12H13IN2O4/c1-7(16)14-5-4-11(17)15-10-3-2-8(13)6-9(10)12(18)19/h2-3,6H,4-5H2,1H3,(H,14,16)(H,15,17)(H,18,19). The smallest absolute Gasteiger partial charge is 0.337 e. The maximum Gasteiger partial charge on any atom is 0.337 e. The molecule has 0 saturated carbocycles. The van der Waals surface area contributed by atoms with Crippen LogP contribution in [0.3, 0.4) is 0 Å². The molecule has 3 N–H and O–H groups in total. The van der Waals surface area contributed by atoms with Crippen LogP contribution in [0.4, 0.5) is 5.69 Å². The molecular formula is C12H13IN2O4. The van der Waals surface area contributed by atoms with Crippen LogP contribution in [-0.4, -0.2) is 29.4 Å². The highest BCUT2D eigenvalue weighted by atomic mass is 127. The normalized spacial score (nSPS) is 9.79. The van der Waals surface area contributed by atoms with Crippen molar-refractivity contribution in [3.8, 4) is 0 Å². The first-order chi connectivity index (χ1) is 8.90. The minimum atomic E-state index is -1.10. The zero-order chi connectivity index (χ0) is 14.4. The van der Waals surface area contributed by atoms with Crippen LogP contribution >= 0.6 is 22.6 Å². The average molecular weight is 376 g/mol. The zero-order valence-corrected chi connectivity index (χ0v) is 12.4. The van der Waals surface area contributed by atoms with E-state index in [4.69, 9.17) is 5.11 Å². The Morgan fingerprint density at radius 3 is 2.58 bits per heavy atom. The lowest BCUT2D eigenvalue weighted by atomic mass is 10.2. The van der Waals surface area contributed by atoms with Crippen LogP contribution in [0.2, 0.25) is 0 Å². The Kier molecular flexibility index (Phi) is 5.74. The van der Waals surface area contributed by atoms with Crippen molar-refractivity contribution in [2.45, 2.75) is 13.3 Å². The van der Waals surface area contributed by atoms with Gasteiger partial charge in [0, 0.05) is 23.5 Å². The molecule has 0 spiro atoms. The summed E-state index contributed by atoms with van der Waals surface area (Å²) in [5.74, 6) is -1.67. The van der Waals surface area contributed by atoms with Crippen molar-refractivity contribution >= 4 is 46.1 Å². The number of nitrogens with one attached hydrogen (secondary N) is 2. The minimum Gasteiger partial charge on any atom is -0.478 e. The molecule has 0 aromatic heterocycles. The highest BCUT2D eigenvalue weighted by Crippen LogP contribution is 2.19. The van der Waals surface area contributed by atoms with E-state index < -0.39 is 5.97 Å². The lowest BCUT2D eigenvalue weighted by Gasteiger charge is -2.09. The van der Waals surface area contributed by atoms with Crippen molar-refractivity contribution in [2.75, 3.05) is 11.9 Å². The van der Waals surface area contributed by atoms with Crippen LogP contribution in [0.25, 0.3) is 0 Å². The van der Waals surface area contributed by atoms with Crippen LogP contribution in [0, 0.1) is 3.57 Å². The second-order valence-corrected chi connectivity index (χ2v) is 5.02. The lowest BCUT2D eigenvalue weighted by molar-refractivity contribution is -0.119. The summed E-state index contributed by atoms with van der Waals surface area (Å²) in [6.07, 6.45) is 0.0879. The summed E-state index contributed by atoms with van der Waals surface area (Å²) in [5.41, 5.74) is 0.292. The fourth-order valence-electron chi connectivity index (χ4n) is 1.37. The summed E-state index contributed by atoms with van der Waals surface area (Å²) in [6, 6.07) is 4.73. The van der Waals surface area contributed by atoms with Crippen LogP contribution in [-0.2, 0) is 9.59 Å². The SMILES string of the molecule is CC(=O)NCCC(=O)Nc1ccc(I)cc1C(=O)O. The number of carboxylic acids is 1. The minimum absolute atomic E-state index is 0.0415. The lowest BCUT2D eigenvalue weighted by Crippen LogP contribution is -2.25. The van der Waals surface area contributed by atoms with Crippen LogP contribution in [0.15, 0.2) is 18.2 Å². The summed E-state index contributed by atoms with van der Waals surface area (Å²) < 4.78 is 0.770. The second kappa shape index (κ2) is 7.07. The van der Waals surface area contributed by atoms with Crippen molar-refractivity contribution in [3.63, 3.8) is 0 Å². The number of carbonyl (C=O) groups is 3. The van der Waals surface area contributed by atoms with Crippen molar-refractivity contribution in [2.24, 2.45) is 0 Å². The monoisotopic (exact) mass is 376 g/mol. The fourth-order valence-corrected chi connectivity index (χ4v) is 1.86. The van der Waals surface area contributed by atoms with E-state index in [1.807, 2.05) is 22.6 Å². The molecule has 2 amide bonds. The number of benzene rings is 1. The van der Waals surface area contributed by atoms with Gasteiger partial charge in [0.15, 0.2) is 0 Å². The van der Waals surface area contributed by atoms with Gasteiger partial charge in [-0.3, -0.25) is 9.59 Å². The van der Waals surface area contributed by atoms with E-state index in [-0.39, 0.29) is 36.0 Å². The first-order valence-electron chi connectivity index (χ1n) is 5.47. The van der Waals surface area contributed by atoms with Gasteiger partial charge in [0.25, 0.3) is 0 Å². The molecule has 6 nitrogen and oxygen atoms in total. The number of halogens is 1. The summed E-state index contributed by atoms with van der Waals surface area (Å²) in [4.78, 5) is 33.3. The quantitative estimate of drug-likeness (QED) is 0.678. The predicted molar refractivity (Wildman–Crippen MR) is 78.0 cm³/mol. The number of amides is 2. The maximum absolute atomic E-state index is 11.6. The first-order valence-corrected chi connectivity index (χ1v) is 6.55. The second-order valence-electron chi connectivity index (χ2n) is 3.78. The Balaban J connectivity index is 2.68. The van der Waals surface area contributed by atoms with Crippen LogP contribution < -0.4 is 10.6 Å². The molecule has 0 unspecified atom stereocenters. The topological polar surface area (TPSA) is 95.5 Å². The zero-order valence-electron chi connectivity index (χ0n) is 10.2. The Hall–Kier alpha value is -1.64. The van der Waals surface area contributed by atoms with Gasteiger partial charge in [0.05, 0.1) is 11.3 Å². The van der Waals surface area contributed by atoms with Gasteiger partial charge in [-0.05, 0) is 40.8 Å². The molecule has 0 fully saturated rings. The number of hydrogen-bond acceptors (Lipinski definition) is 3. The number of anilines is 1. The summed E-state index contributed by atoms with van der Waals surface area (Å²) in [5, 5.41) is 14.1.